The van der Waals surface area contributed by atoms with Crippen molar-refractivity contribution in [2.75, 3.05) is 6.54 Å². The Morgan fingerprint density at radius 1 is 1.31 bits per heavy atom. The van der Waals surface area contributed by atoms with Gasteiger partial charge in [-0.3, -0.25) is 0 Å². The predicted molar refractivity (Wildman–Crippen MR) is 66.4 cm³/mol. The van der Waals surface area contributed by atoms with Gasteiger partial charge in [-0.1, -0.05) is 23.8 Å². The summed E-state index contributed by atoms with van der Waals surface area (Å²) >= 11 is 0. The van der Waals surface area contributed by atoms with E-state index in [1.54, 1.807) is 0 Å². The van der Waals surface area contributed by atoms with E-state index in [1.165, 1.54) is 16.7 Å². The molecule has 1 aromatic carbocycles. The summed E-state index contributed by atoms with van der Waals surface area (Å²) in [4.78, 5) is 0. The van der Waals surface area contributed by atoms with E-state index in [1.807, 2.05) is 0 Å². The van der Waals surface area contributed by atoms with E-state index >= 15 is 0 Å². The Hall–Kier alpha value is -0.860. The van der Waals surface area contributed by atoms with Gasteiger partial charge < -0.3 is 10.4 Å². The van der Waals surface area contributed by atoms with Gasteiger partial charge in [0.15, 0.2) is 0 Å². The van der Waals surface area contributed by atoms with Crippen LogP contribution < -0.4 is 5.32 Å². The summed E-state index contributed by atoms with van der Waals surface area (Å²) in [6, 6.07) is 6.58. The Kier molecular flexibility index (Phi) is 3.62. The van der Waals surface area contributed by atoms with Gasteiger partial charge in [0.05, 0.1) is 6.10 Å². The number of hydrogen-bond acceptors (Lipinski definition) is 2. The predicted octanol–water partition coefficient (Wildman–Crippen LogP) is 2.16. The highest BCUT2D eigenvalue weighted by atomic mass is 16.3. The van der Waals surface area contributed by atoms with E-state index in [0.29, 0.717) is 5.92 Å². The van der Waals surface area contributed by atoms with Crippen LogP contribution in [-0.4, -0.2) is 17.8 Å². The lowest BCUT2D eigenvalue weighted by molar-refractivity contribution is 0.0429. The molecule has 16 heavy (non-hydrogen) atoms. The SMILES string of the molecule is Cc1ccc(C)c(CNCC2CC(O)C2)c1. The van der Waals surface area contributed by atoms with Crippen molar-refractivity contribution in [2.24, 2.45) is 5.92 Å². The first kappa shape index (κ1) is 11.6. The molecule has 0 aliphatic heterocycles. The van der Waals surface area contributed by atoms with Crippen molar-refractivity contribution in [3.8, 4) is 0 Å². The van der Waals surface area contributed by atoms with E-state index in [2.05, 4.69) is 37.4 Å². The summed E-state index contributed by atoms with van der Waals surface area (Å²) < 4.78 is 0. The van der Waals surface area contributed by atoms with Crippen LogP contribution in [0.4, 0.5) is 0 Å². The monoisotopic (exact) mass is 219 g/mol. The van der Waals surface area contributed by atoms with Crippen molar-refractivity contribution in [1.29, 1.82) is 0 Å². The summed E-state index contributed by atoms with van der Waals surface area (Å²) in [5.74, 6) is 0.681. The number of rotatable bonds is 4. The van der Waals surface area contributed by atoms with E-state index in [0.717, 1.165) is 25.9 Å². The maximum atomic E-state index is 9.19. The molecule has 2 rings (SSSR count). The van der Waals surface area contributed by atoms with Gasteiger partial charge in [-0.25, -0.2) is 0 Å². The molecule has 88 valence electrons. The molecule has 0 aromatic heterocycles. The summed E-state index contributed by atoms with van der Waals surface area (Å²) in [7, 11) is 0. The molecular weight excluding hydrogens is 198 g/mol. The molecule has 2 N–H and O–H groups in total. The van der Waals surface area contributed by atoms with Crippen molar-refractivity contribution in [3.63, 3.8) is 0 Å². The minimum absolute atomic E-state index is 0.0347. The van der Waals surface area contributed by atoms with Crippen LogP contribution in [0.3, 0.4) is 0 Å². The number of benzene rings is 1. The molecule has 1 aromatic rings. The molecule has 0 spiro atoms. The molecule has 1 aliphatic carbocycles. The normalized spacial score (nSPS) is 24.2. The van der Waals surface area contributed by atoms with Crippen molar-refractivity contribution in [1.82, 2.24) is 5.32 Å². The number of aliphatic hydroxyl groups is 1. The number of nitrogens with one attached hydrogen (secondary N) is 1. The van der Waals surface area contributed by atoms with E-state index in [9.17, 15) is 5.11 Å². The van der Waals surface area contributed by atoms with Crippen molar-refractivity contribution >= 4 is 0 Å². The Bertz CT molecular complexity index is 356. The third-order valence-corrected chi connectivity index (χ3v) is 3.46. The van der Waals surface area contributed by atoms with Gasteiger partial charge in [-0.15, -0.1) is 0 Å². The zero-order valence-electron chi connectivity index (χ0n) is 10.2. The fourth-order valence-corrected chi connectivity index (χ4v) is 2.27. The summed E-state index contributed by atoms with van der Waals surface area (Å²) in [6.45, 7) is 6.26. The lowest BCUT2D eigenvalue weighted by atomic mass is 9.82. The molecule has 2 heteroatoms. The van der Waals surface area contributed by atoms with E-state index in [-0.39, 0.29) is 6.10 Å². The average molecular weight is 219 g/mol. The second kappa shape index (κ2) is 4.98. The second-order valence-electron chi connectivity index (χ2n) is 5.05. The second-order valence-corrected chi connectivity index (χ2v) is 5.05. The van der Waals surface area contributed by atoms with Crippen LogP contribution in [0.1, 0.15) is 29.5 Å². The molecule has 1 fully saturated rings. The lowest BCUT2D eigenvalue weighted by Crippen LogP contribution is -2.35. The maximum Gasteiger partial charge on any atom is 0.0546 e. The van der Waals surface area contributed by atoms with Crippen molar-refractivity contribution in [2.45, 2.75) is 39.3 Å². The van der Waals surface area contributed by atoms with Crippen molar-refractivity contribution in [3.05, 3.63) is 34.9 Å². The lowest BCUT2D eigenvalue weighted by Gasteiger charge is -2.31. The van der Waals surface area contributed by atoms with Gasteiger partial charge in [-0.05, 0) is 50.3 Å². The quantitative estimate of drug-likeness (QED) is 0.813. The molecular formula is C14H21NO. The zero-order chi connectivity index (χ0) is 11.5. The molecule has 2 nitrogen and oxygen atoms in total. The molecule has 0 radical (unpaired) electrons. The number of hydrogen-bond donors (Lipinski definition) is 2. The standard InChI is InChI=1S/C14H21NO/c1-10-3-4-11(2)13(5-10)9-15-8-12-6-14(16)7-12/h3-5,12,14-16H,6-9H2,1-2H3. The maximum absolute atomic E-state index is 9.19. The molecule has 0 unspecified atom stereocenters. The Balaban J connectivity index is 1.78. The molecule has 0 saturated heterocycles. The van der Waals surface area contributed by atoms with Crippen LogP contribution in [0.2, 0.25) is 0 Å². The Labute approximate surface area is 97.7 Å². The molecule has 0 atom stereocenters. The van der Waals surface area contributed by atoms with Gasteiger partial charge in [-0.2, -0.15) is 0 Å². The van der Waals surface area contributed by atoms with Crippen LogP contribution in [0.15, 0.2) is 18.2 Å². The molecule has 1 saturated carbocycles. The third kappa shape index (κ3) is 2.83. The van der Waals surface area contributed by atoms with Gasteiger partial charge >= 0.3 is 0 Å². The Morgan fingerprint density at radius 3 is 2.75 bits per heavy atom. The van der Waals surface area contributed by atoms with Crippen LogP contribution in [0, 0.1) is 19.8 Å². The smallest absolute Gasteiger partial charge is 0.0546 e. The first-order valence-corrected chi connectivity index (χ1v) is 6.10. The van der Waals surface area contributed by atoms with Gasteiger partial charge in [0.25, 0.3) is 0 Å². The van der Waals surface area contributed by atoms with Crippen molar-refractivity contribution < 1.29 is 5.11 Å². The molecule has 0 heterocycles. The summed E-state index contributed by atoms with van der Waals surface area (Å²) in [6.07, 6.45) is 1.91. The van der Waals surface area contributed by atoms with Crippen LogP contribution >= 0.6 is 0 Å². The summed E-state index contributed by atoms with van der Waals surface area (Å²) in [5.41, 5.74) is 4.06. The molecule has 1 aliphatic rings. The van der Waals surface area contributed by atoms with Crippen LogP contribution in [0.5, 0.6) is 0 Å². The van der Waals surface area contributed by atoms with Crippen LogP contribution in [0.25, 0.3) is 0 Å². The first-order valence-electron chi connectivity index (χ1n) is 6.10. The first-order chi connectivity index (χ1) is 7.65. The highest BCUT2D eigenvalue weighted by Crippen LogP contribution is 2.26. The highest BCUT2D eigenvalue weighted by molar-refractivity contribution is 5.30. The minimum Gasteiger partial charge on any atom is -0.393 e. The molecule has 0 amide bonds. The topological polar surface area (TPSA) is 32.3 Å². The molecule has 0 bridgehead atoms. The number of aryl methyl sites for hydroxylation is 2. The van der Waals surface area contributed by atoms with Gasteiger partial charge in [0, 0.05) is 6.54 Å². The minimum atomic E-state index is -0.0347. The van der Waals surface area contributed by atoms with Crippen LogP contribution in [-0.2, 0) is 6.54 Å². The Morgan fingerprint density at radius 2 is 2.06 bits per heavy atom. The third-order valence-electron chi connectivity index (χ3n) is 3.46. The fraction of sp³-hybridized carbons (Fsp3) is 0.571. The average Bonchev–Trinajstić information content (AvgIpc) is 2.20. The van der Waals surface area contributed by atoms with Gasteiger partial charge in [0.2, 0.25) is 0 Å². The zero-order valence-corrected chi connectivity index (χ0v) is 10.2. The van der Waals surface area contributed by atoms with E-state index in [4.69, 9.17) is 0 Å². The fourth-order valence-electron chi connectivity index (χ4n) is 2.27. The number of aliphatic hydroxyl groups excluding tert-OH is 1. The highest BCUT2D eigenvalue weighted by Gasteiger charge is 2.26. The van der Waals surface area contributed by atoms with E-state index < -0.39 is 0 Å². The largest absolute Gasteiger partial charge is 0.393 e. The summed E-state index contributed by atoms with van der Waals surface area (Å²) in [5, 5.41) is 12.7. The van der Waals surface area contributed by atoms with Gasteiger partial charge in [0.1, 0.15) is 0 Å².